The summed E-state index contributed by atoms with van der Waals surface area (Å²) in [5.74, 6) is 0.507. The van der Waals surface area contributed by atoms with Gasteiger partial charge in [0.2, 0.25) is 0 Å². The number of ether oxygens (including phenoxy) is 1. The zero-order valence-electron chi connectivity index (χ0n) is 20.3. The summed E-state index contributed by atoms with van der Waals surface area (Å²) in [6.45, 7) is 7.68. The van der Waals surface area contributed by atoms with Crippen molar-refractivity contribution in [2.75, 3.05) is 32.6 Å². The molecule has 0 saturated heterocycles. The van der Waals surface area contributed by atoms with E-state index in [4.69, 9.17) is 28.6 Å². The fourth-order valence-electron chi connectivity index (χ4n) is 3.27. The molecule has 2 aromatic rings. The van der Waals surface area contributed by atoms with Gasteiger partial charge in [-0.15, -0.1) is 0 Å². The Balaban J connectivity index is 1.78. The number of hydrogen-bond acceptors (Lipinski definition) is 6. The molecule has 3 rings (SSSR count). The first kappa shape index (κ1) is 25.9. The summed E-state index contributed by atoms with van der Waals surface area (Å²) in [6, 6.07) is 7.47. The maximum atomic E-state index is 12.7. The maximum Gasteiger partial charge on any atom is 0.256 e. The van der Waals surface area contributed by atoms with Crippen LogP contribution in [0.3, 0.4) is 0 Å². The Hall–Kier alpha value is -2.68. The molecule has 34 heavy (non-hydrogen) atoms. The molecular formula is C25H32ClN5O2S. The quantitative estimate of drug-likeness (QED) is 0.447. The van der Waals surface area contributed by atoms with Crippen molar-refractivity contribution < 1.29 is 9.53 Å². The number of anilines is 1. The molecular weight excluding hydrogens is 470 g/mol. The average molecular weight is 502 g/mol. The first-order chi connectivity index (χ1) is 16.1. The fraction of sp³-hybridized carbons (Fsp3) is 0.400. The van der Waals surface area contributed by atoms with Gasteiger partial charge in [-0.05, 0) is 58.6 Å². The number of aromatic nitrogens is 1. The number of amides is 1. The van der Waals surface area contributed by atoms with Crippen LogP contribution in [0, 0.1) is 6.92 Å². The van der Waals surface area contributed by atoms with E-state index in [0.29, 0.717) is 47.5 Å². The van der Waals surface area contributed by atoms with E-state index >= 15 is 0 Å². The number of benzene rings is 1. The van der Waals surface area contributed by atoms with E-state index in [1.807, 2.05) is 45.3 Å². The van der Waals surface area contributed by atoms with Gasteiger partial charge in [0.1, 0.15) is 17.3 Å². The van der Waals surface area contributed by atoms with Gasteiger partial charge in [0, 0.05) is 53.2 Å². The Morgan fingerprint density at radius 2 is 2.09 bits per heavy atom. The van der Waals surface area contributed by atoms with Crippen LogP contribution in [0.1, 0.15) is 31.4 Å². The number of likely N-dealkylation sites (N-methyl/N-ethyl adjacent to an activating group) is 1. The highest BCUT2D eigenvalue weighted by atomic mass is 35.5. The molecule has 0 saturated carbocycles. The van der Waals surface area contributed by atoms with Crippen molar-refractivity contribution in [2.45, 2.75) is 39.3 Å². The second-order valence-corrected chi connectivity index (χ2v) is 9.87. The Labute approximate surface area is 211 Å². The summed E-state index contributed by atoms with van der Waals surface area (Å²) in [6.07, 6.45) is 4.10. The predicted molar refractivity (Wildman–Crippen MR) is 141 cm³/mol. The first-order valence-corrected chi connectivity index (χ1v) is 11.9. The third-order valence-electron chi connectivity index (χ3n) is 6.09. The minimum Gasteiger partial charge on any atom is -0.490 e. The maximum absolute atomic E-state index is 12.7. The molecule has 1 aliphatic rings. The van der Waals surface area contributed by atoms with Crippen molar-refractivity contribution in [2.24, 2.45) is 0 Å². The molecule has 3 N–H and O–H groups in total. The number of carbonyl (C=O) groups is 1. The molecule has 0 fully saturated rings. The van der Waals surface area contributed by atoms with Crippen molar-refractivity contribution in [3.63, 3.8) is 0 Å². The van der Waals surface area contributed by atoms with Crippen LogP contribution in [0.2, 0.25) is 5.02 Å². The molecule has 0 atom stereocenters. The van der Waals surface area contributed by atoms with E-state index in [1.54, 1.807) is 12.4 Å². The lowest BCUT2D eigenvalue weighted by molar-refractivity contribution is -0.117. The molecule has 0 bridgehead atoms. The lowest BCUT2D eigenvalue weighted by Gasteiger charge is -2.32. The Bertz CT molecular complexity index is 1100. The van der Waals surface area contributed by atoms with Crippen LogP contribution in [0.15, 0.2) is 47.9 Å². The third-order valence-corrected chi connectivity index (χ3v) is 6.80. The van der Waals surface area contributed by atoms with Gasteiger partial charge in [-0.2, -0.15) is 0 Å². The lowest BCUT2D eigenvalue weighted by Crippen LogP contribution is -2.43. The molecule has 0 radical (unpaired) electrons. The van der Waals surface area contributed by atoms with Crippen LogP contribution in [-0.4, -0.2) is 53.6 Å². The summed E-state index contributed by atoms with van der Waals surface area (Å²) in [5.41, 5.74) is 3.69. The second-order valence-electron chi connectivity index (χ2n) is 9.06. The fourth-order valence-corrected chi connectivity index (χ4v) is 3.77. The van der Waals surface area contributed by atoms with Gasteiger partial charge >= 0.3 is 0 Å². The van der Waals surface area contributed by atoms with Gasteiger partial charge in [-0.25, -0.2) is 0 Å². The Morgan fingerprint density at radius 3 is 2.82 bits per heavy atom. The minimum atomic E-state index is -0.204. The third kappa shape index (κ3) is 6.25. The highest BCUT2D eigenvalue weighted by molar-refractivity contribution is 7.81. The number of thiocarbonyl (C=S) groups is 1. The smallest absolute Gasteiger partial charge is 0.256 e. The van der Waals surface area contributed by atoms with Crippen LogP contribution in [0.4, 0.5) is 5.69 Å². The van der Waals surface area contributed by atoms with Gasteiger partial charge in [0.25, 0.3) is 5.91 Å². The molecule has 0 spiro atoms. The van der Waals surface area contributed by atoms with Crippen LogP contribution in [0.25, 0.3) is 0 Å². The zero-order valence-corrected chi connectivity index (χ0v) is 21.9. The van der Waals surface area contributed by atoms with Gasteiger partial charge < -0.3 is 25.6 Å². The molecule has 1 aliphatic heterocycles. The van der Waals surface area contributed by atoms with Crippen molar-refractivity contribution in [3.8, 4) is 5.75 Å². The van der Waals surface area contributed by atoms with Crippen LogP contribution >= 0.6 is 23.8 Å². The normalized spacial score (nSPS) is 14.1. The average Bonchev–Trinajstić information content (AvgIpc) is 2.79. The van der Waals surface area contributed by atoms with Gasteiger partial charge in [-0.1, -0.05) is 29.9 Å². The summed E-state index contributed by atoms with van der Waals surface area (Å²) < 4.78 is 6.11. The summed E-state index contributed by atoms with van der Waals surface area (Å²) >= 11 is 11.9. The number of nitrogens with one attached hydrogen (secondary N) is 3. The standard InChI is InChI=1S/C25H32ClN5O2S/c1-16-18(26)7-6-8-19(16)30-24(34)22-20(10-12-28-23(22)32)29-13-17-9-11-27-14-21(17)33-15-25(2,3)31(4)5/h6-9,11,14,29H,10,12-13,15H2,1-5H3,(H,28,32)(H,30,34). The van der Waals surface area contributed by atoms with Crippen LogP contribution in [-0.2, 0) is 11.3 Å². The van der Waals surface area contributed by atoms with E-state index in [9.17, 15) is 4.79 Å². The molecule has 0 aliphatic carbocycles. The minimum absolute atomic E-state index is 0.131. The van der Waals surface area contributed by atoms with Crippen molar-refractivity contribution in [1.82, 2.24) is 20.5 Å². The monoisotopic (exact) mass is 501 g/mol. The molecule has 2 heterocycles. The molecule has 9 heteroatoms. The molecule has 7 nitrogen and oxygen atoms in total. The van der Waals surface area contributed by atoms with E-state index in [0.717, 1.165) is 22.5 Å². The van der Waals surface area contributed by atoms with Gasteiger partial charge in [-0.3, -0.25) is 9.78 Å². The largest absolute Gasteiger partial charge is 0.490 e. The number of nitrogens with zero attached hydrogens (tertiary/aromatic N) is 2. The number of hydrogen-bond donors (Lipinski definition) is 3. The highest BCUT2D eigenvalue weighted by Gasteiger charge is 2.25. The van der Waals surface area contributed by atoms with Crippen LogP contribution in [0.5, 0.6) is 5.75 Å². The molecule has 1 aromatic carbocycles. The molecule has 0 unspecified atom stereocenters. The van der Waals surface area contributed by atoms with E-state index in [2.05, 4.69) is 39.7 Å². The van der Waals surface area contributed by atoms with Crippen molar-refractivity contribution >= 4 is 40.4 Å². The summed E-state index contributed by atoms with van der Waals surface area (Å²) in [4.78, 5) is 19.4. The molecule has 182 valence electrons. The number of carbonyl (C=O) groups excluding carboxylic acids is 1. The number of rotatable bonds is 9. The van der Waals surface area contributed by atoms with E-state index in [1.165, 1.54) is 0 Å². The summed E-state index contributed by atoms with van der Waals surface area (Å²) in [5, 5.41) is 10.1. The second kappa shape index (κ2) is 11.2. The SMILES string of the molecule is Cc1c(Cl)cccc1NC(=S)C1=C(NCc2ccncc2OCC(C)(C)N(C)C)CCNC1=O. The molecule has 1 aromatic heterocycles. The topological polar surface area (TPSA) is 78.5 Å². The van der Waals surface area contributed by atoms with Crippen molar-refractivity contribution in [3.05, 3.63) is 64.1 Å². The predicted octanol–water partition coefficient (Wildman–Crippen LogP) is 4.07. The Kier molecular flexibility index (Phi) is 8.52. The van der Waals surface area contributed by atoms with Crippen molar-refractivity contribution in [1.29, 1.82) is 0 Å². The summed E-state index contributed by atoms with van der Waals surface area (Å²) in [7, 11) is 4.05. The first-order valence-electron chi connectivity index (χ1n) is 11.1. The lowest BCUT2D eigenvalue weighted by atomic mass is 10.1. The number of pyridine rings is 1. The van der Waals surface area contributed by atoms with Gasteiger partial charge in [0.15, 0.2) is 0 Å². The van der Waals surface area contributed by atoms with E-state index < -0.39 is 0 Å². The molecule has 1 amide bonds. The number of halogens is 1. The zero-order chi connectivity index (χ0) is 24.9. The van der Waals surface area contributed by atoms with Gasteiger partial charge in [0.05, 0.1) is 11.8 Å². The Morgan fingerprint density at radius 1 is 1.32 bits per heavy atom. The van der Waals surface area contributed by atoms with Crippen LogP contribution < -0.4 is 20.7 Å². The van der Waals surface area contributed by atoms with E-state index in [-0.39, 0.29) is 11.4 Å². The highest BCUT2D eigenvalue weighted by Crippen LogP contribution is 2.25.